The summed E-state index contributed by atoms with van der Waals surface area (Å²) < 4.78 is 27.6. The number of piperidine rings is 1. The molecular weight excluding hydrogens is 476 g/mol. The molecule has 0 spiro atoms. The van der Waals surface area contributed by atoms with E-state index in [0.717, 1.165) is 19.3 Å². The first-order chi connectivity index (χ1) is 17.4. The van der Waals surface area contributed by atoms with Gasteiger partial charge in [-0.05, 0) is 42.7 Å². The van der Waals surface area contributed by atoms with Gasteiger partial charge in [0.15, 0.2) is 0 Å². The van der Waals surface area contributed by atoms with Crippen molar-refractivity contribution in [3.05, 3.63) is 102 Å². The van der Waals surface area contributed by atoms with Gasteiger partial charge in [0.2, 0.25) is 10.0 Å². The van der Waals surface area contributed by atoms with E-state index in [-0.39, 0.29) is 16.2 Å². The second-order valence-corrected chi connectivity index (χ2v) is 10.8. The normalized spacial score (nSPS) is 20.6. The molecule has 3 aromatic rings. The van der Waals surface area contributed by atoms with Gasteiger partial charge in [-0.1, -0.05) is 67.1 Å². The first-order valence-corrected chi connectivity index (χ1v) is 13.3. The van der Waals surface area contributed by atoms with Crippen LogP contribution >= 0.6 is 0 Å². The predicted octanol–water partition coefficient (Wildman–Crippen LogP) is 4.49. The Bertz CT molecular complexity index is 1410. The minimum atomic E-state index is -3.64. The van der Waals surface area contributed by atoms with Gasteiger partial charge in [0.05, 0.1) is 16.5 Å². The summed E-state index contributed by atoms with van der Waals surface area (Å²) in [5.41, 5.74) is 1.44. The molecule has 7 nitrogen and oxygen atoms in total. The predicted molar refractivity (Wildman–Crippen MR) is 137 cm³/mol. The Hall–Kier alpha value is -3.75. The SMILES string of the molecule is O=C1C(=O)N(c2ccc(S(=O)(=O)N3CCCCC3)cc2)C(c2ccccc2)C1=C(O)c1ccccc1. The molecule has 1 unspecified atom stereocenters. The Labute approximate surface area is 210 Å². The number of Topliss-reactive ketones (excluding diaryl/α,β-unsaturated/α-hetero) is 1. The Morgan fingerprint density at radius 1 is 0.778 bits per heavy atom. The van der Waals surface area contributed by atoms with Gasteiger partial charge in [0.1, 0.15) is 5.76 Å². The number of nitrogens with zero attached hydrogens (tertiary/aromatic N) is 2. The lowest BCUT2D eigenvalue weighted by atomic mass is 9.95. The minimum Gasteiger partial charge on any atom is -0.507 e. The Balaban J connectivity index is 1.58. The summed E-state index contributed by atoms with van der Waals surface area (Å²) >= 11 is 0. The topological polar surface area (TPSA) is 95.0 Å². The molecule has 2 heterocycles. The fraction of sp³-hybridized carbons (Fsp3) is 0.214. The highest BCUT2D eigenvalue weighted by Crippen LogP contribution is 2.42. The van der Waals surface area contributed by atoms with E-state index >= 15 is 0 Å². The van der Waals surface area contributed by atoms with Crippen LogP contribution in [0.3, 0.4) is 0 Å². The van der Waals surface area contributed by atoms with Crippen LogP contribution in [0.15, 0.2) is 95.4 Å². The van der Waals surface area contributed by atoms with Crippen molar-refractivity contribution in [2.75, 3.05) is 18.0 Å². The van der Waals surface area contributed by atoms with Crippen LogP contribution in [0.5, 0.6) is 0 Å². The molecule has 2 aliphatic heterocycles. The Kier molecular flexibility index (Phi) is 6.47. The van der Waals surface area contributed by atoms with Crippen molar-refractivity contribution in [3.8, 4) is 0 Å². The first kappa shape index (κ1) is 24.0. The van der Waals surface area contributed by atoms with Crippen LogP contribution in [0.2, 0.25) is 0 Å². The standard InChI is InChI=1S/C28H26N2O5S/c31-26(21-12-6-2-7-13-21)24-25(20-10-4-1-5-11-20)30(28(33)27(24)32)22-14-16-23(17-15-22)36(34,35)29-18-8-3-9-19-29/h1-2,4-7,10-17,25,31H,3,8-9,18-19H2. The van der Waals surface area contributed by atoms with Gasteiger partial charge in [-0.15, -0.1) is 0 Å². The third-order valence-electron chi connectivity index (χ3n) is 6.67. The van der Waals surface area contributed by atoms with Crippen molar-refractivity contribution in [1.82, 2.24) is 4.31 Å². The van der Waals surface area contributed by atoms with Crippen LogP contribution in [0, 0.1) is 0 Å². The van der Waals surface area contributed by atoms with E-state index in [9.17, 15) is 23.1 Å². The summed E-state index contributed by atoms with van der Waals surface area (Å²) in [6.45, 7) is 0.985. The van der Waals surface area contributed by atoms with E-state index in [1.54, 1.807) is 66.7 Å². The minimum absolute atomic E-state index is 0.0117. The van der Waals surface area contributed by atoms with Crippen molar-refractivity contribution in [1.29, 1.82) is 0 Å². The number of hydrogen-bond acceptors (Lipinski definition) is 5. The van der Waals surface area contributed by atoms with Crippen LogP contribution in [0.1, 0.15) is 36.4 Å². The van der Waals surface area contributed by atoms with Gasteiger partial charge in [-0.25, -0.2) is 8.42 Å². The van der Waals surface area contributed by atoms with Crippen LogP contribution < -0.4 is 4.90 Å². The van der Waals surface area contributed by atoms with Crippen LogP contribution in [-0.4, -0.2) is 42.6 Å². The highest BCUT2D eigenvalue weighted by atomic mass is 32.2. The maximum Gasteiger partial charge on any atom is 0.300 e. The van der Waals surface area contributed by atoms with Crippen molar-refractivity contribution in [3.63, 3.8) is 0 Å². The lowest BCUT2D eigenvalue weighted by Gasteiger charge is -2.27. The molecule has 3 aromatic carbocycles. The smallest absolute Gasteiger partial charge is 0.300 e. The van der Waals surface area contributed by atoms with Crippen LogP contribution in [0.4, 0.5) is 5.69 Å². The zero-order chi connectivity index (χ0) is 25.3. The number of benzene rings is 3. The monoisotopic (exact) mass is 502 g/mol. The van der Waals surface area contributed by atoms with E-state index in [0.29, 0.717) is 29.9 Å². The third kappa shape index (κ3) is 4.23. The first-order valence-electron chi connectivity index (χ1n) is 11.9. The van der Waals surface area contributed by atoms with Crippen molar-refractivity contribution < 1.29 is 23.1 Å². The number of hydrogen-bond donors (Lipinski definition) is 1. The van der Waals surface area contributed by atoms with Crippen molar-refractivity contribution in [2.45, 2.75) is 30.2 Å². The third-order valence-corrected chi connectivity index (χ3v) is 8.59. The maximum absolute atomic E-state index is 13.3. The van der Waals surface area contributed by atoms with Crippen molar-refractivity contribution >= 4 is 33.2 Å². The summed E-state index contributed by atoms with van der Waals surface area (Å²) in [6, 6.07) is 22.8. The van der Waals surface area contributed by atoms with Crippen molar-refractivity contribution in [2.24, 2.45) is 0 Å². The van der Waals surface area contributed by atoms with E-state index in [2.05, 4.69) is 0 Å². The maximum atomic E-state index is 13.3. The summed E-state index contributed by atoms with van der Waals surface area (Å²) in [6.07, 6.45) is 2.68. The molecule has 184 valence electrons. The molecule has 8 heteroatoms. The second kappa shape index (κ2) is 9.72. The molecule has 0 bridgehead atoms. The molecule has 1 amide bonds. The quantitative estimate of drug-likeness (QED) is 0.315. The Morgan fingerprint density at radius 3 is 1.97 bits per heavy atom. The number of carbonyl (C=O) groups is 2. The Morgan fingerprint density at radius 2 is 1.36 bits per heavy atom. The molecule has 0 radical (unpaired) electrons. The summed E-state index contributed by atoms with van der Waals surface area (Å²) in [7, 11) is -3.64. The van der Waals surface area contributed by atoms with Gasteiger partial charge in [0, 0.05) is 24.3 Å². The molecule has 5 rings (SSSR count). The molecule has 1 atom stereocenters. The molecule has 2 aliphatic rings. The van der Waals surface area contributed by atoms with E-state index in [4.69, 9.17) is 0 Å². The fourth-order valence-electron chi connectivity index (χ4n) is 4.83. The van der Waals surface area contributed by atoms with E-state index in [1.165, 1.54) is 21.3 Å². The van der Waals surface area contributed by atoms with Gasteiger partial charge in [-0.3, -0.25) is 14.5 Å². The number of carbonyl (C=O) groups excluding carboxylic acids is 2. The molecule has 0 aliphatic carbocycles. The number of aliphatic hydroxyl groups is 1. The number of anilines is 1. The molecule has 2 fully saturated rings. The second-order valence-electron chi connectivity index (χ2n) is 8.90. The van der Waals surface area contributed by atoms with Gasteiger partial charge in [0.25, 0.3) is 11.7 Å². The van der Waals surface area contributed by atoms with E-state index < -0.39 is 27.8 Å². The average molecular weight is 503 g/mol. The summed E-state index contributed by atoms with van der Waals surface area (Å²) in [5, 5.41) is 11.1. The number of rotatable bonds is 5. The molecule has 0 aromatic heterocycles. The lowest BCUT2D eigenvalue weighted by Crippen LogP contribution is -2.35. The largest absolute Gasteiger partial charge is 0.507 e. The molecule has 1 N–H and O–H groups in total. The average Bonchev–Trinajstić information content (AvgIpc) is 3.20. The number of aliphatic hydroxyl groups excluding tert-OH is 1. The zero-order valence-electron chi connectivity index (χ0n) is 19.6. The fourth-order valence-corrected chi connectivity index (χ4v) is 6.35. The molecule has 0 saturated carbocycles. The van der Waals surface area contributed by atoms with E-state index in [1.807, 2.05) is 6.07 Å². The number of sulfonamides is 1. The molecule has 2 saturated heterocycles. The highest BCUT2D eigenvalue weighted by molar-refractivity contribution is 7.89. The highest BCUT2D eigenvalue weighted by Gasteiger charge is 2.47. The zero-order valence-corrected chi connectivity index (χ0v) is 20.4. The van der Waals surface area contributed by atoms with Gasteiger partial charge >= 0.3 is 0 Å². The lowest BCUT2D eigenvalue weighted by molar-refractivity contribution is -0.132. The summed E-state index contributed by atoms with van der Waals surface area (Å²) in [4.78, 5) is 27.9. The van der Waals surface area contributed by atoms with Gasteiger partial charge in [-0.2, -0.15) is 4.31 Å². The summed E-state index contributed by atoms with van der Waals surface area (Å²) in [5.74, 6) is -1.84. The van der Waals surface area contributed by atoms with Crippen LogP contribution in [0.25, 0.3) is 5.76 Å². The van der Waals surface area contributed by atoms with Gasteiger partial charge < -0.3 is 5.11 Å². The number of ketones is 1. The van der Waals surface area contributed by atoms with Crippen LogP contribution in [-0.2, 0) is 19.6 Å². The number of amides is 1. The molecule has 36 heavy (non-hydrogen) atoms. The molecular formula is C28H26N2O5S.